The Morgan fingerprint density at radius 2 is 1.84 bits per heavy atom. The minimum atomic E-state index is -3.30. The van der Waals surface area contributed by atoms with Crippen molar-refractivity contribution < 1.29 is 18.3 Å². The predicted octanol–water partition coefficient (Wildman–Crippen LogP) is 1.38. The van der Waals surface area contributed by atoms with Gasteiger partial charge in [0.1, 0.15) is 11.8 Å². The molecule has 0 atom stereocenters. The number of anilines is 1. The van der Waals surface area contributed by atoms with Gasteiger partial charge >= 0.3 is 0 Å². The van der Waals surface area contributed by atoms with Crippen LogP contribution in [0.25, 0.3) is 0 Å². The molecule has 2 N–H and O–H groups in total. The van der Waals surface area contributed by atoms with Crippen LogP contribution in [-0.2, 0) is 14.6 Å². The van der Waals surface area contributed by atoms with Gasteiger partial charge in [0.2, 0.25) is 0 Å². The Hall–Kier alpha value is -2.33. The molecule has 19 heavy (non-hydrogen) atoms. The number of amides is 1. The second-order valence-corrected chi connectivity index (χ2v) is 5.84. The quantitative estimate of drug-likeness (QED) is 0.494. The average Bonchev–Trinajstić information content (AvgIpc) is 2.28. The fraction of sp³-hybridized carbons (Fsp3) is 0.167. The number of benzene rings is 1. The molecule has 0 saturated carbocycles. The molecular weight excluding hydrogens is 268 g/mol. The largest absolute Gasteiger partial charge is 0.511 e. The lowest BCUT2D eigenvalue weighted by Gasteiger charge is -2.05. The van der Waals surface area contributed by atoms with Gasteiger partial charge in [0.25, 0.3) is 5.91 Å². The summed E-state index contributed by atoms with van der Waals surface area (Å²) in [7, 11) is -3.30. The van der Waals surface area contributed by atoms with Gasteiger partial charge in [0, 0.05) is 11.9 Å². The maximum Gasteiger partial charge on any atom is 0.269 e. The molecule has 0 fully saturated rings. The Bertz CT molecular complexity index is 663. The molecule has 0 saturated heterocycles. The third-order valence-corrected chi connectivity index (χ3v) is 3.37. The number of carbonyl (C=O) groups is 1. The fourth-order valence-corrected chi connectivity index (χ4v) is 1.91. The summed E-state index contributed by atoms with van der Waals surface area (Å²) in [5, 5.41) is 20.2. The predicted molar refractivity (Wildman–Crippen MR) is 69.1 cm³/mol. The maximum atomic E-state index is 11.6. The Labute approximate surface area is 110 Å². The van der Waals surface area contributed by atoms with E-state index in [1.807, 2.05) is 0 Å². The van der Waals surface area contributed by atoms with Crippen LogP contribution < -0.4 is 5.32 Å². The summed E-state index contributed by atoms with van der Waals surface area (Å²) in [6.07, 6.45) is 1.08. The van der Waals surface area contributed by atoms with Crippen molar-refractivity contribution in [3.05, 3.63) is 35.6 Å². The summed E-state index contributed by atoms with van der Waals surface area (Å²) >= 11 is 0. The molecule has 1 amide bonds. The maximum absolute atomic E-state index is 11.6. The molecule has 6 nitrogen and oxygen atoms in total. The van der Waals surface area contributed by atoms with E-state index in [1.54, 1.807) is 6.07 Å². The first-order valence-corrected chi connectivity index (χ1v) is 7.06. The summed E-state index contributed by atoms with van der Waals surface area (Å²) in [6, 6.07) is 7.06. The van der Waals surface area contributed by atoms with Crippen LogP contribution in [0.1, 0.15) is 6.92 Å². The number of hydrogen-bond acceptors (Lipinski definition) is 5. The number of nitriles is 1. The van der Waals surface area contributed by atoms with Crippen LogP contribution in [0.2, 0.25) is 0 Å². The van der Waals surface area contributed by atoms with Crippen molar-refractivity contribution in [2.75, 3.05) is 11.6 Å². The van der Waals surface area contributed by atoms with Gasteiger partial charge in [-0.15, -0.1) is 0 Å². The molecule has 1 aromatic carbocycles. The first kappa shape index (κ1) is 14.7. The highest BCUT2D eigenvalue weighted by Crippen LogP contribution is 2.15. The lowest BCUT2D eigenvalue weighted by atomic mass is 10.2. The lowest BCUT2D eigenvalue weighted by molar-refractivity contribution is -0.112. The van der Waals surface area contributed by atoms with E-state index in [2.05, 4.69) is 5.32 Å². The standard InChI is InChI=1S/C12H12N2O4S/c1-8(15)11(7-13)12(16)14-9-3-5-10(6-4-9)19(2,17)18/h3-6,15H,1-2H3,(H,14,16)/b11-8+. The van der Waals surface area contributed by atoms with Crippen LogP contribution in [-0.4, -0.2) is 25.7 Å². The molecule has 0 bridgehead atoms. The SMILES string of the molecule is C/C(O)=C(/C#N)C(=O)Nc1ccc(S(C)(=O)=O)cc1. The van der Waals surface area contributed by atoms with Gasteiger partial charge in [-0.3, -0.25) is 4.79 Å². The van der Waals surface area contributed by atoms with Crippen molar-refractivity contribution in [3.63, 3.8) is 0 Å². The molecule has 0 heterocycles. The van der Waals surface area contributed by atoms with Gasteiger partial charge in [-0.1, -0.05) is 0 Å². The van der Waals surface area contributed by atoms with E-state index in [-0.39, 0.29) is 10.7 Å². The zero-order valence-corrected chi connectivity index (χ0v) is 11.2. The van der Waals surface area contributed by atoms with Crippen molar-refractivity contribution >= 4 is 21.4 Å². The molecule has 0 unspecified atom stereocenters. The second-order valence-electron chi connectivity index (χ2n) is 3.82. The number of allylic oxidation sites excluding steroid dienone is 1. The summed E-state index contributed by atoms with van der Waals surface area (Å²) in [6.45, 7) is 1.23. The molecule has 7 heteroatoms. The zero-order valence-electron chi connectivity index (χ0n) is 10.3. The normalized spacial score (nSPS) is 12.3. The van der Waals surface area contributed by atoms with E-state index in [4.69, 9.17) is 10.4 Å². The van der Waals surface area contributed by atoms with E-state index in [9.17, 15) is 13.2 Å². The molecule has 1 aromatic rings. The first-order chi connectivity index (χ1) is 8.75. The highest BCUT2D eigenvalue weighted by Gasteiger charge is 2.13. The number of carbonyl (C=O) groups excluding carboxylic acids is 1. The van der Waals surface area contributed by atoms with Crippen LogP contribution in [0.5, 0.6) is 0 Å². The van der Waals surface area contributed by atoms with Crippen LogP contribution in [0.3, 0.4) is 0 Å². The van der Waals surface area contributed by atoms with Gasteiger partial charge in [-0.25, -0.2) is 8.42 Å². The van der Waals surface area contributed by atoms with Gasteiger partial charge in [0.15, 0.2) is 15.4 Å². The Morgan fingerprint density at radius 1 is 1.32 bits per heavy atom. The van der Waals surface area contributed by atoms with Gasteiger partial charge in [0.05, 0.1) is 4.90 Å². The summed E-state index contributed by atoms with van der Waals surface area (Å²) in [5.74, 6) is -1.14. The minimum Gasteiger partial charge on any atom is -0.511 e. The molecule has 0 aliphatic heterocycles. The molecule has 0 aliphatic carbocycles. The lowest BCUT2D eigenvalue weighted by Crippen LogP contribution is -2.15. The van der Waals surface area contributed by atoms with Crippen LogP contribution >= 0.6 is 0 Å². The summed E-state index contributed by atoms with van der Waals surface area (Å²) in [5.41, 5.74) is -0.0708. The van der Waals surface area contributed by atoms with Crippen molar-refractivity contribution in [1.29, 1.82) is 5.26 Å². The number of aliphatic hydroxyl groups is 1. The Morgan fingerprint density at radius 3 is 2.21 bits per heavy atom. The number of hydrogen-bond donors (Lipinski definition) is 2. The monoisotopic (exact) mass is 280 g/mol. The van der Waals surface area contributed by atoms with E-state index < -0.39 is 21.3 Å². The van der Waals surface area contributed by atoms with Crippen molar-refractivity contribution in [3.8, 4) is 6.07 Å². The summed E-state index contributed by atoms with van der Waals surface area (Å²) < 4.78 is 22.5. The third-order valence-electron chi connectivity index (χ3n) is 2.24. The molecule has 100 valence electrons. The van der Waals surface area contributed by atoms with Crippen molar-refractivity contribution in [2.24, 2.45) is 0 Å². The number of sulfone groups is 1. The molecule has 0 aliphatic rings. The van der Waals surface area contributed by atoms with E-state index >= 15 is 0 Å². The van der Waals surface area contributed by atoms with Gasteiger partial charge in [-0.2, -0.15) is 5.26 Å². The van der Waals surface area contributed by atoms with Crippen LogP contribution in [0, 0.1) is 11.3 Å². The topological polar surface area (TPSA) is 107 Å². The van der Waals surface area contributed by atoms with Crippen LogP contribution in [0.4, 0.5) is 5.69 Å². The molecule has 0 spiro atoms. The second kappa shape index (κ2) is 5.54. The Kier molecular flexibility index (Phi) is 4.30. The highest BCUT2D eigenvalue weighted by molar-refractivity contribution is 7.90. The Balaban J connectivity index is 2.95. The van der Waals surface area contributed by atoms with Crippen LogP contribution in [0.15, 0.2) is 40.5 Å². The highest BCUT2D eigenvalue weighted by atomic mass is 32.2. The molecular formula is C12H12N2O4S. The number of rotatable bonds is 3. The zero-order chi connectivity index (χ0) is 14.6. The minimum absolute atomic E-state index is 0.125. The molecule has 1 rings (SSSR count). The smallest absolute Gasteiger partial charge is 0.269 e. The number of nitrogens with one attached hydrogen (secondary N) is 1. The van der Waals surface area contributed by atoms with Crippen molar-refractivity contribution in [1.82, 2.24) is 0 Å². The number of nitrogens with zero attached hydrogens (tertiary/aromatic N) is 1. The molecule has 0 aromatic heterocycles. The van der Waals surface area contributed by atoms with E-state index in [0.29, 0.717) is 5.69 Å². The van der Waals surface area contributed by atoms with Crippen molar-refractivity contribution in [2.45, 2.75) is 11.8 Å². The third kappa shape index (κ3) is 3.82. The first-order valence-electron chi connectivity index (χ1n) is 5.17. The number of aliphatic hydroxyl groups excluding tert-OH is 1. The average molecular weight is 280 g/mol. The van der Waals surface area contributed by atoms with Gasteiger partial charge in [-0.05, 0) is 31.2 Å². The van der Waals surface area contributed by atoms with E-state index in [1.165, 1.54) is 31.2 Å². The summed E-state index contributed by atoms with van der Waals surface area (Å²) in [4.78, 5) is 11.7. The van der Waals surface area contributed by atoms with E-state index in [0.717, 1.165) is 6.26 Å². The van der Waals surface area contributed by atoms with Gasteiger partial charge < -0.3 is 10.4 Å². The fourth-order valence-electron chi connectivity index (χ4n) is 1.28. The molecule has 0 radical (unpaired) electrons.